The maximum absolute atomic E-state index is 6.44. The van der Waals surface area contributed by atoms with Crippen molar-refractivity contribution in [1.82, 2.24) is 4.90 Å². The Morgan fingerprint density at radius 2 is 1.37 bits per heavy atom. The Kier molecular flexibility index (Phi) is 19.2. The molecule has 0 spiro atoms. The first kappa shape index (κ1) is 27.7. The van der Waals surface area contributed by atoms with E-state index in [0.29, 0.717) is 0 Å². The number of unbranched alkanes of at least 4 members (excludes halogenated alkanes) is 2. The number of thiocarbonyl (C=S) groups is 1. The lowest BCUT2D eigenvalue weighted by molar-refractivity contribution is 0.163. The van der Waals surface area contributed by atoms with Crippen LogP contribution in [-0.4, -0.2) is 49.8 Å². The highest BCUT2D eigenvalue weighted by atomic mass is 33.1. The van der Waals surface area contributed by atoms with E-state index in [-0.39, 0.29) is 0 Å². The lowest BCUT2D eigenvalue weighted by Gasteiger charge is -2.31. The predicted octanol–water partition coefficient (Wildman–Crippen LogP) is 7.26. The van der Waals surface area contributed by atoms with Gasteiger partial charge in [0.1, 0.15) is 4.32 Å². The highest BCUT2D eigenvalue weighted by molar-refractivity contribution is 8.83. The van der Waals surface area contributed by atoms with Crippen LogP contribution in [0.15, 0.2) is 0 Å². The van der Waals surface area contributed by atoms with Crippen LogP contribution < -0.4 is 0 Å². The van der Waals surface area contributed by atoms with Crippen LogP contribution in [0.3, 0.4) is 0 Å². The van der Waals surface area contributed by atoms with Crippen LogP contribution in [0.1, 0.15) is 79.6 Å². The van der Waals surface area contributed by atoms with Crippen molar-refractivity contribution in [2.24, 2.45) is 0 Å². The molecule has 162 valence electrons. The number of hydrogen-bond donors (Lipinski definition) is 0. The molecule has 0 fully saturated rings. The summed E-state index contributed by atoms with van der Waals surface area (Å²) in [5, 5.41) is 0. The molecule has 7 heteroatoms. The van der Waals surface area contributed by atoms with Crippen LogP contribution in [0.4, 0.5) is 0 Å². The summed E-state index contributed by atoms with van der Waals surface area (Å²) < 4.78 is 13.9. The molecule has 27 heavy (non-hydrogen) atoms. The van der Waals surface area contributed by atoms with Crippen LogP contribution in [0.5, 0.6) is 0 Å². The lowest BCUT2D eigenvalue weighted by Crippen LogP contribution is -2.43. The standard InChI is InChI=1S/C20H43NO2S3Si/c1-6-11-15-22-27(18-10-5,23-16-12-7-2)19-17-25-26-20(24)21(13-8-3)14-9-4/h6-19H2,1-5H3. The van der Waals surface area contributed by atoms with E-state index in [0.717, 1.165) is 80.6 Å². The van der Waals surface area contributed by atoms with E-state index in [1.165, 1.54) is 12.8 Å². The molecule has 0 radical (unpaired) electrons. The summed E-state index contributed by atoms with van der Waals surface area (Å²) in [4.78, 5) is 2.35. The number of hydrogen-bond acceptors (Lipinski definition) is 5. The van der Waals surface area contributed by atoms with Crippen LogP contribution in [0, 0.1) is 0 Å². The van der Waals surface area contributed by atoms with Gasteiger partial charge in [0.2, 0.25) is 0 Å². The van der Waals surface area contributed by atoms with Crippen molar-refractivity contribution in [3.8, 4) is 0 Å². The minimum absolute atomic E-state index is 0.853. The smallest absolute Gasteiger partial charge is 0.338 e. The van der Waals surface area contributed by atoms with Crippen LogP contribution in [0.2, 0.25) is 12.1 Å². The highest BCUT2D eigenvalue weighted by Crippen LogP contribution is 2.31. The largest absolute Gasteiger partial charge is 0.394 e. The topological polar surface area (TPSA) is 21.7 Å². The summed E-state index contributed by atoms with van der Waals surface area (Å²) in [5.74, 6) is 1.06. The van der Waals surface area contributed by atoms with Gasteiger partial charge in [0.25, 0.3) is 0 Å². The SMILES string of the molecule is CCCCO[Si](CCC)(CCSSC(=S)N(CCC)CCC)OCCCC. The van der Waals surface area contributed by atoms with E-state index in [1.807, 2.05) is 10.8 Å². The second kappa shape index (κ2) is 18.7. The molecule has 0 aromatic carbocycles. The summed E-state index contributed by atoms with van der Waals surface area (Å²) in [7, 11) is 1.56. The maximum Gasteiger partial charge on any atom is 0.338 e. The molecule has 0 amide bonds. The van der Waals surface area contributed by atoms with Gasteiger partial charge in [-0.1, -0.05) is 76.9 Å². The van der Waals surface area contributed by atoms with Crippen LogP contribution in [-0.2, 0) is 8.85 Å². The molecule has 0 aliphatic heterocycles. The summed E-state index contributed by atoms with van der Waals surface area (Å²) in [6.07, 6.45) is 8.05. The van der Waals surface area contributed by atoms with Crippen molar-refractivity contribution >= 4 is 46.7 Å². The van der Waals surface area contributed by atoms with E-state index < -0.39 is 8.56 Å². The van der Waals surface area contributed by atoms with Crippen molar-refractivity contribution in [1.29, 1.82) is 0 Å². The van der Waals surface area contributed by atoms with E-state index in [4.69, 9.17) is 21.1 Å². The fourth-order valence-electron chi connectivity index (χ4n) is 2.82. The van der Waals surface area contributed by atoms with E-state index >= 15 is 0 Å². The molecule has 0 unspecified atom stereocenters. The Morgan fingerprint density at radius 3 is 1.81 bits per heavy atom. The first-order valence-corrected chi connectivity index (χ1v) is 15.9. The van der Waals surface area contributed by atoms with Gasteiger partial charge in [-0.05, 0) is 42.5 Å². The predicted molar refractivity (Wildman–Crippen MR) is 132 cm³/mol. The molecule has 0 aliphatic rings. The third-order valence-electron chi connectivity index (χ3n) is 4.30. The van der Waals surface area contributed by atoms with Gasteiger partial charge in [-0.15, -0.1) is 0 Å². The fourth-order valence-corrected chi connectivity index (χ4v) is 9.81. The van der Waals surface area contributed by atoms with Crippen LogP contribution in [0.25, 0.3) is 0 Å². The molecule has 0 N–H and O–H groups in total. The highest BCUT2D eigenvalue weighted by Gasteiger charge is 2.36. The van der Waals surface area contributed by atoms with E-state index in [2.05, 4.69) is 39.5 Å². The molecule has 0 aromatic heterocycles. The zero-order valence-corrected chi connectivity index (χ0v) is 21.8. The molecule has 3 nitrogen and oxygen atoms in total. The van der Waals surface area contributed by atoms with Gasteiger partial charge in [-0.25, -0.2) is 0 Å². The first-order valence-electron chi connectivity index (χ1n) is 10.9. The molecular formula is C20H43NO2S3Si. The van der Waals surface area contributed by atoms with Crippen molar-refractivity contribution < 1.29 is 8.85 Å². The average molecular weight is 454 g/mol. The van der Waals surface area contributed by atoms with Crippen LogP contribution >= 0.6 is 33.8 Å². The minimum Gasteiger partial charge on any atom is -0.394 e. The summed E-state index contributed by atoms with van der Waals surface area (Å²) >= 11 is 5.65. The van der Waals surface area contributed by atoms with E-state index in [1.54, 1.807) is 10.8 Å². The number of rotatable bonds is 18. The monoisotopic (exact) mass is 453 g/mol. The van der Waals surface area contributed by atoms with E-state index in [9.17, 15) is 0 Å². The fraction of sp³-hybridized carbons (Fsp3) is 0.950. The van der Waals surface area contributed by atoms with Crippen molar-refractivity contribution in [3.63, 3.8) is 0 Å². The molecular weight excluding hydrogens is 411 g/mol. The van der Waals surface area contributed by atoms with Gasteiger partial charge in [0, 0.05) is 38.1 Å². The Balaban J connectivity index is 4.59. The van der Waals surface area contributed by atoms with Gasteiger partial charge in [-0.2, -0.15) is 0 Å². The molecule has 0 saturated heterocycles. The van der Waals surface area contributed by atoms with Gasteiger partial charge in [0.15, 0.2) is 0 Å². The average Bonchev–Trinajstić information content (AvgIpc) is 2.65. The lowest BCUT2D eigenvalue weighted by atomic mass is 10.4. The number of nitrogens with zero attached hydrogens (tertiary/aromatic N) is 1. The van der Waals surface area contributed by atoms with Gasteiger partial charge in [-0.3, -0.25) is 0 Å². The summed E-state index contributed by atoms with van der Waals surface area (Å²) in [5.41, 5.74) is 0. The first-order chi connectivity index (χ1) is 13.1. The Morgan fingerprint density at radius 1 is 0.815 bits per heavy atom. The third-order valence-corrected chi connectivity index (χ3v) is 11.4. The molecule has 0 heterocycles. The quantitative estimate of drug-likeness (QED) is 0.0935. The Bertz CT molecular complexity index is 346. The molecule has 0 aliphatic carbocycles. The zero-order valence-electron chi connectivity index (χ0n) is 18.4. The maximum atomic E-state index is 6.44. The zero-order chi connectivity index (χ0) is 20.4. The second-order valence-electron chi connectivity index (χ2n) is 6.97. The molecule has 0 rings (SSSR count). The molecule has 0 atom stereocenters. The molecule has 0 bridgehead atoms. The van der Waals surface area contributed by atoms with Gasteiger partial charge < -0.3 is 13.8 Å². The van der Waals surface area contributed by atoms with Crippen molar-refractivity contribution in [2.45, 2.75) is 91.7 Å². The summed E-state index contributed by atoms with van der Waals surface area (Å²) in [6, 6.07) is 2.17. The Labute approximate surface area is 183 Å². The molecule has 0 aromatic rings. The van der Waals surface area contributed by atoms with Crippen molar-refractivity contribution in [2.75, 3.05) is 32.1 Å². The normalized spacial score (nSPS) is 11.7. The van der Waals surface area contributed by atoms with Gasteiger partial charge >= 0.3 is 8.56 Å². The molecule has 0 saturated carbocycles. The minimum atomic E-state index is -2.09. The summed E-state index contributed by atoms with van der Waals surface area (Å²) in [6.45, 7) is 15.0. The second-order valence-corrected chi connectivity index (χ2v) is 13.4. The third kappa shape index (κ3) is 13.6. The Hall–Kier alpha value is 0.727. The van der Waals surface area contributed by atoms with Gasteiger partial charge in [0.05, 0.1) is 0 Å². The van der Waals surface area contributed by atoms with Crippen molar-refractivity contribution in [3.05, 3.63) is 0 Å².